The number of carbonyl (C=O) groups excluding carboxylic acids is 2. The van der Waals surface area contributed by atoms with Crippen LogP contribution in [-0.2, 0) is 9.53 Å². The van der Waals surface area contributed by atoms with Crippen molar-refractivity contribution in [2.75, 3.05) is 12.0 Å². The summed E-state index contributed by atoms with van der Waals surface area (Å²) in [6.45, 7) is 1.85. The van der Waals surface area contributed by atoms with Gasteiger partial charge in [-0.2, -0.15) is 0 Å². The highest BCUT2D eigenvalue weighted by atomic mass is 35.5. The van der Waals surface area contributed by atoms with E-state index >= 15 is 0 Å². The molecule has 0 aromatic heterocycles. The van der Waals surface area contributed by atoms with Gasteiger partial charge in [0.2, 0.25) is 5.84 Å². The third kappa shape index (κ3) is 4.33. The highest BCUT2D eigenvalue weighted by Gasteiger charge is 2.15. The normalized spacial score (nSPS) is 11.0. The number of ketones is 1. The summed E-state index contributed by atoms with van der Waals surface area (Å²) in [6.07, 6.45) is 0. The number of rotatable bonds is 5. The van der Waals surface area contributed by atoms with E-state index in [1.54, 1.807) is 43.3 Å². The van der Waals surface area contributed by atoms with E-state index in [1.165, 1.54) is 6.07 Å². The third-order valence-electron chi connectivity index (χ3n) is 3.04. The number of anilines is 1. The molecule has 0 aliphatic carbocycles. The summed E-state index contributed by atoms with van der Waals surface area (Å²) in [4.78, 5) is 24.1. The Kier molecular flexibility index (Phi) is 5.92. The Balaban J connectivity index is 2.30. The van der Waals surface area contributed by atoms with Crippen molar-refractivity contribution in [3.8, 4) is 0 Å². The molecule has 124 valence electrons. The molecule has 7 heteroatoms. The van der Waals surface area contributed by atoms with Crippen molar-refractivity contribution >= 4 is 34.9 Å². The average Bonchev–Trinajstić information content (AvgIpc) is 2.60. The van der Waals surface area contributed by atoms with Crippen LogP contribution >= 0.6 is 11.6 Å². The van der Waals surface area contributed by atoms with Gasteiger partial charge in [-0.25, -0.2) is 4.79 Å². The lowest BCUT2D eigenvalue weighted by atomic mass is 10.0. The number of halogens is 1. The van der Waals surface area contributed by atoms with Crippen LogP contribution in [0.5, 0.6) is 0 Å². The molecule has 3 N–H and O–H groups in total. The van der Waals surface area contributed by atoms with E-state index in [4.69, 9.17) is 22.1 Å². The Morgan fingerprint density at radius 3 is 2.58 bits per heavy atom. The molecule has 0 saturated heterocycles. The summed E-state index contributed by atoms with van der Waals surface area (Å²) in [6, 6.07) is 13.5. The van der Waals surface area contributed by atoms with Crippen LogP contribution in [0.1, 0.15) is 22.8 Å². The molecule has 0 bridgehead atoms. The molecule has 2 aromatic carbocycles. The highest BCUT2D eigenvalue weighted by Crippen LogP contribution is 2.23. The van der Waals surface area contributed by atoms with Crippen LogP contribution in [0.25, 0.3) is 0 Å². The zero-order valence-electron chi connectivity index (χ0n) is 13.0. The van der Waals surface area contributed by atoms with Crippen molar-refractivity contribution in [2.24, 2.45) is 10.8 Å². The fraction of sp³-hybridized carbons (Fsp3) is 0.118. The summed E-state index contributed by atoms with van der Waals surface area (Å²) in [5.41, 5.74) is 9.33. The largest absolute Gasteiger partial charge is 0.460 e. The highest BCUT2D eigenvalue weighted by molar-refractivity contribution is 6.34. The third-order valence-corrected chi connectivity index (χ3v) is 3.28. The van der Waals surface area contributed by atoms with Crippen molar-refractivity contribution in [1.29, 1.82) is 0 Å². The van der Waals surface area contributed by atoms with Gasteiger partial charge in [0.1, 0.15) is 0 Å². The van der Waals surface area contributed by atoms with Gasteiger partial charge in [0.05, 0.1) is 12.3 Å². The van der Waals surface area contributed by atoms with E-state index in [-0.39, 0.29) is 18.2 Å². The number of amidine groups is 1. The Labute approximate surface area is 144 Å². The molecule has 0 amide bonds. The Hall–Kier alpha value is -2.86. The van der Waals surface area contributed by atoms with Crippen LogP contribution in [-0.4, -0.2) is 24.2 Å². The molecule has 0 unspecified atom stereocenters. The number of nitrogens with zero attached hydrogens (tertiary/aromatic N) is 1. The molecule has 0 atom stereocenters. The number of ether oxygens (including phenoxy) is 1. The van der Waals surface area contributed by atoms with Gasteiger partial charge in [-0.15, -0.1) is 5.10 Å². The molecule has 0 fully saturated rings. The summed E-state index contributed by atoms with van der Waals surface area (Å²) < 4.78 is 4.74. The number of hydrazone groups is 1. The van der Waals surface area contributed by atoms with Gasteiger partial charge in [0.15, 0.2) is 5.78 Å². The first-order valence-corrected chi connectivity index (χ1v) is 7.56. The number of benzene rings is 2. The molecule has 0 radical (unpaired) electrons. The van der Waals surface area contributed by atoms with Gasteiger partial charge in [0.25, 0.3) is 0 Å². The second kappa shape index (κ2) is 8.12. The number of hydrogen-bond donors (Lipinski definition) is 2. The molecule has 6 nitrogen and oxygen atoms in total. The van der Waals surface area contributed by atoms with Gasteiger partial charge in [-0.3, -0.25) is 10.2 Å². The smallest absolute Gasteiger partial charge is 0.375 e. The van der Waals surface area contributed by atoms with Gasteiger partial charge >= 0.3 is 5.97 Å². The van der Waals surface area contributed by atoms with E-state index in [9.17, 15) is 9.59 Å². The number of carbonyl (C=O) groups is 2. The average molecular weight is 346 g/mol. The standard InChI is InChI=1S/C17H16ClN3O3/c1-2-24-17(23)16(19)21-20-14-9-8-12(18)10-13(14)15(22)11-6-4-3-5-7-11/h3-10,20H,2H2,1H3,(H2,19,21). The predicted octanol–water partition coefficient (Wildman–Crippen LogP) is 2.82. The summed E-state index contributed by atoms with van der Waals surface area (Å²) in [7, 11) is 0. The number of nitrogens with two attached hydrogens (primary N) is 1. The van der Waals surface area contributed by atoms with Gasteiger partial charge in [-0.05, 0) is 25.1 Å². The maximum absolute atomic E-state index is 12.6. The van der Waals surface area contributed by atoms with E-state index < -0.39 is 5.97 Å². The minimum Gasteiger partial charge on any atom is -0.460 e. The minimum atomic E-state index is -0.741. The van der Waals surface area contributed by atoms with Crippen molar-refractivity contribution in [3.05, 3.63) is 64.7 Å². The maximum atomic E-state index is 12.6. The van der Waals surface area contributed by atoms with Crippen LogP contribution in [0.4, 0.5) is 5.69 Å². The Bertz CT molecular complexity index is 776. The first-order valence-electron chi connectivity index (χ1n) is 7.18. The van der Waals surface area contributed by atoms with Crippen molar-refractivity contribution in [3.63, 3.8) is 0 Å². The zero-order valence-corrected chi connectivity index (χ0v) is 13.7. The van der Waals surface area contributed by atoms with Crippen LogP contribution < -0.4 is 11.2 Å². The van der Waals surface area contributed by atoms with E-state index in [0.29, 0.717) is 21.8 Å². The fourth-order valence-corrected chi connectivity index (χ4v) is 2.09. The zero-order chi connectivity index (χ0) is 17.5. The second-order valence-corrected chi connectivity index (χ2v) is 5.15. The minimum absolute atomic E-state index is 0.188. The van der Waals surface area contributed by atoms with Gasteiger partial charge in [0, 0.05) is 16.1 Å². The number of hydrogen-bond acceptors (Lipinski definition) is 5. The molecule has 0 spiro atoms. The molecule has 0 saturated carbocycles. The fourth-order valence-electron chi connectivity index (χ4n) is 1.92. The lowest BCUT2D eigenvalue weighted by molar-refractivity contribution is -0.135. The monoisotopic (exact) mass is 345 g/mol. The SMILES string of the molecule is CCOC(=O)C(N)=NNc1ccc(Cl)cc1C(=O)c1ccccc1. The second-order valence-electron chi connectivity index (χ2n) is 4.71. The number of esters is 1. The molecule has 0 aliphatic rings. The lowest BCUT2D eigenvalue weighted by Gasteiger charge is -2.09. The quantitative estimate of drug-likeness (QED) is 0.286. The molecular weight excluding hydrogens is 330 g/mol. The van der Waals surface area contributed by atoms with Crippen LogP contribution in [0.2, 0.25) is 5.02 Å². The predicted molar refractivity (Wildman–Crippen MR) is 93.2 cm³/mol. The summed E-state index contributed by atoms with van der Waals surface area (Å²) >= 11 is 5.99. The van der Waals surface area contributed by atoms with E-state index in [1.807, 2.05) is 6.07 Å². The van der Waals surface area contributed by atoms with Crippen molar-refractivity contribution in [1.82, 2.24) is 0 Å². The molecule has 2 rings (SSSR count). The van der Waals surface area contributed by atoms with Crippen LogP contribution in [0.3, 0.4) is 0 Å². The topological polar surface area (TPSA) is 93.8 Å². The molecular formula is C17H16ClN3O3. The lowest BCUT2D eigenvalue weighted by Crippen LogP contribution is -2.27. The molecule has 2 aromatic rings. The maximum Gasteiger partial charge on any atom is 0.375 e. The molecule has 0 aliphatic heterocycles. The van der Waals surface area contributed by atoms with Crippen LogP contribution in [0, 0.1) is 0 Å². The molecule has 0 heterocycles. The summed E-state index contributed by atoms with van der Waals surface area (Å²) in [5.74, 6) is -1.31. The van der Waals surface area contributed by atoms with Crippen LogP contribution in [0.15, 0.2) is 53.6 Å². The Morgan fingerprint density at radius 2 is 1.92 bits per heavy atom. The Morgan fingerprint density at radius 1 is 1.21 bits per heavy atom. The first kappa shape index (κ1) is 17.5. The van der Waals surface area contributed by atoms with Gasteiger partial charge in [-0.1, -0.05) is 41.9 Å². The van der Waals surface area contributed by atoms with E-state index in [0.717, 1.165) is 0 Å². The van der Waals surface area contributed by atoms with E-state index in [2.05, 4.69) is 10.5 Å². The molecule has 24 heavy (non-hydrogen) atoms. The number of nitrogens with one attached hydrogen (secondary N) is 1. The first-order chi connectivity index (χ1) is 11.5. The van der Waals surface area contributed by atoms with Crippen molar-refractivity contribution in [2.45, 2.75) is 6.92 Å². The van der Waals surface area contributed by atoms with Crippen molar-refractivity contribution < 1.29 is 14.3 Å². The van der Waals surface area contributed by atoms with Gasteiger partial charge < -0.3 is 10.5 Å². The summed E-state index contributed by atoms with van der Waals surface area (Å²) in [5, 5.41) is 4.16.